The molecule has 0 bridgehead atoms. The second kappa shape index (κ2) is 20.5. The van der Waals surface area contributed by atoms with Crippen LogP contribution in [0.15, 0.2) is 117 Å². The van der Waals surface area contributed by atoms with Crippen LogP contribution in [0.2, 0.25) is 38.3 Å². The number of benzene rings is 4. The zero-order valence-corrected chi connectivity index (χ0v) is 53.2. The summed E-state index contributed by atoms with van der Waals surface area (Å²) in [6.45, 7) is 8.34. The Morgan fingerprint density at radius 3 is 1.36 bits per heavy atom. The largest absolute Gasteiger partial charge is 0.369 e. The third-order valence-electron chi connectivity index (χ3n) is 16.9. The molecule has 25 nitrogen and oxygen atoms in total. The first kappa shape index (κ1) is 61.0. The maximum absolute atomic E-state index is 14.3. The number of aromatic nitrogens is 2. The van der Waals surface area contributed by atoms with Crippen LogP contribution in [0.25, 0.3) is 21.5 Å². The van der Waals surface area contributed by atoms with E-state index in [1.54, 1.807) is 0 Å². The van der Waals surface area contributed by atoms with E-state index >= 15 is 0 Å². The van der Waals surface area contributed by atoms with Crippen molar-refractivity contribution in [3.05, 3.63) is 130 Å². The molecule has 12 rings (SSSR count). The Kier molecular flexibility index (Phi) is 14.9. The number of carbonyl (C=O) groups excluding carboxylic acids is 1. The van der Waals surface area contributed by atoms with E-state index in [-0.39, 0.29) is 62.2 Å². The number of nitrogens with two attached hydrogens (primary N) is 1. The molecule has 1 amide bonds. The average Bonchev–Trinajstić information content (AvgIpc) is 1.22. The van der Waals surface area contributed by atoms with Gasteiger partial charge in [0.2, 0.25) is 0 Å². The molecule has 6 aliphatic rings. The molecule has 0 atom stereocenters. The number of amidine groups is 4. The third kappa shape index (κ3) is 9.12. The Hall–Kier alpha value is -6.15. The number of hydrogen-bond acceptors (Lipinski definition) is 17. The van der Waals surface area contributed by atoms with Crippen LogP contribution in [-0.4, -0.2) is 171 Å². The fourth-order valence-corrected chi connectivity index (χ4v) is 37.9. The summed E-state index contributed by atoms with van der Waals surface area (Å²) in [5, 5.41) is 6.33. The van der Waals surface area contributed by atoms with Gasteiger partial charge in [0.25, 0.3) is 0 Å². The molecule has 8 heterocycles. The second-order valence-corrected chi connectivity index (χ2v) is 42.4. The molecule has 2 aromatic heterocycles. The Morgan fingerprint density at radius 1 is 0.571 bits per heavy atom. The van der Waals surface area contributed by atoms with E-state index in [4.69, 9.17) is 33.9 Å². The van der Waals surface area contributed by atoms with Gasteiger partial charge in [0.1, 0.15) is 0 Å². The normalized spacial score (nSPS) is 18.0. The van der Waals surface area contributed by atoms with E-state index < -0.39 is 84.5 Å². The molecule has 0 radical (unpaired) electrons. The molecule has 450 valence electrons. The predicted molar refractivity (Wildman–Crippen MR) is 324 cm³/mol. The van der Waals surface area contributed by atoms with Crippen molar-refractivity contribution in [2.75, 3.05) is 56.5 Å². The Balaban J connectivity index is 0.00000393. The Labute approximate surface area is 488 Å². The maximum atomic E-state index is 14.3. The van der Waals surface area contributed by atoms with Gasteiger partial charge in [-0.2, -0.15) is 0 Å². The van der Waals surface area contributed by atoms with Gasteiger partial charge in [0, 0.05) is 0 Å². The van der Waals surface area contributed by atoms with Crippen LogP contribution < -0.4 is 34.3 Å². The van der Waals surface area contributed by atoms with Gasteiger partial charge >= 0.3 is 410 Å². The molecule has 0 fully saturated rings. The number of quaternary nitrogens is 3. The number of nitrogens with one attached hydrogen (secondary N) is 1. The van der Waals surface area contributed by atoms with Crippen molar-refractivity contribution in [2.45, 2.75) is 70.4 Å². The topological polar surface area (TPSA) is 384 Å². The molecule has 84 heavy (non-hydrogen) atoms. The third-order valence-corrected chi connectivity index (χ3v) is 36.0. The van der Waals surface area contributed by atoms with Gasteiger partial charge < -0.3 is 26.0 Å². The summed E-state index contributed by atoms with van der Waals surface area (Å²) in [6.07, 6.45) is 0.232. The van der Waals surface area contributed by atoms with Crippen LogP contribution >= 0.6 is 0 Å². The minimum atomic E-state index is -7.01. The molecule has 31 heteroatoms. The van der Waals surface area contributed by atoms with Crippen molar-refractivity contribution in [1.82, 2.24) is 26.1 Å². The van der Waals surface area contributed by atoms with E-state index in [1.165, 1.54) is 0 Å². The fourth-order valence-electron chi connectivity index (χ4n) is 14.2. The molecule has 0 unspecified atom stereocenters. The van der Waals surface area contributed by atoms with Gasteiger partial charge in [0.05, 0.1) is 30.4 Å². The van der Waals surface area contributed by atoms with Crippen molar-refractivity contribution in [3.63, 3.8) is 0 Å². The van der Waals surface area contributed by atoms with Crippen molar-refractivity contribution >= 4 is 117 Å². The van der Waals surface area contributed by atoms with E-state index in [2.05, 4.69) is 97.0 Å². The summed E-state index contributed by atoms with van der Waals surface area (Å²) >= 11 is 0. The Bertz CT molecular complexity index is 4180. The fraction of sp³-hybridized carbons (Fsp3) is 0.377. The Morgan fingerprint density at radius 2 is 0.952 bits per heavy atom. The quantitative estimate of drug-likeness (QED) is 0.0273. The van der Waals surface area contributed by atoms with Crippen molar-refractivity contribution in [1.29, 1.82) is 0 Å². The molecular weight excluding hydrogens is 1190 g/mol. The second-order valence-electron chi connectivity index (χ2n) is 23.6. The van der Waals surface area contributed by atoms with Crippen LogP contribution in [0.5, 0.6) is 0 Å². The average molecular weight is 1260 g/mol. The predicted octanol–water partition coefficient (Wildman–Crippen LogP) is 4.00. The molecular formula is C53H71N13O12S3Si3. The van der Waals surface area contributed by atoms with Crippen molar-refractivity contribution < 1.29 is 64.9 Å². The van der Waals surface area contributed by atoms with Crippen molar-refractivity contribution in [3.8, 4) is 0 Å². The summed E-state index contributed by atoms with van der Waals surface area (Å²) in [7, 11) is -27.9. The number of hydrogen-bond donors (Lipinski definition) is 4. The van der Waals surface area contributed by atoms with Crippen LogP contribution in [0.3, 0.4) is 0 Å². The maximum Gasteiger partial charge on any atom is -0.369 e. The first-order chi connectivity index (χ1) is 38.7. The first-order valence-corrected chi connectivity index (χ1v) is 41.1. The summed E-state index contributed by atoms with van der Waals surface area (Å²) in [5.41, 5.74) is 10.9. The van der Waals surface area contributed by atoms with Crippen LogP contribution in [-0.2, 0) is 43.4 Å². The van der Waals surface area contributed by atoms with E-state index in [9.17, 15) is 43.7 Å². The number of rotatable bonds is 25. The molecule has 0 aliphatic carbocycles. The molecule has 1 spiro atoms. The van der Waals surface area contributed by atoms with Gasteiger partial charge in [-0.05, 0) is 0 Å². The van der Waals surface area contributed by atoms with Crippen LogP contribution in [0.4, 0.5) is 11.6 Å². The molecule has 0 saturated carbocycles. The number of nitrogens with zero attached hydrogens (tertiary/aromatic N) is 9. The van der Waals surface area contributed by atoms with Gasteiger partial charge in [-0.3, -0.25) is 0 Å². The van der Waals surface area contributed by atoms with Gasteiger partial charge in [-0.1, -0.05) is 0 Å². The molecule has 6 aliphatic heterocycles. The number of aliphatic imine (C=N–C) groups is 2. The van der Waals surface area contributed by atoms with Crippen molar-refractivity contribution in [2.24, 2.45) is 25.7 Å². The monoisotopic (exact) mass is 1260 g/mol. The van der Waals surface area contributed by atoms with E-state index in [0.717, 1.165) is 43.8 Å². The number of carbonyl (C=O) groups is 1. The summed E-state index contributed by atoms with van der Waals surface area (Å²) in [5.74, 6) is 0.550. The summed E-state index contributed by atoms with van der Waals surface area (Å²) in [6, 6.07) is 33.5. The summed E-state index contributed by atoms with van der Waals surface area (Å²) < 4.78 is 133. The molecule has 4 aromatic carbocycles. The van der Waals surface area contributed by atoms with Crippen LogP contribution in [0, 0.1) is 0 Å². The zero-order chi connectivity index (χ0) is 58.1. The van der Waals surface area contributed by atoms with Gasteiger partial charge in [-0.25, -0.2) is 25.3 Å². The standard InChI is InChI=1S/C53H65N11O12S3Si3.2H3N/c1-80(2,34-13-26-54)75-82(76-81(3,4)35-14-27-55-45(65)36-64(28-15-31-77(66,67)68,29-16-32-78(69,70)71)30-17-33-79(72,73)74)60-46-37-18-5-6-19-38(37)47(60)57-49-41-22-9-10-23-42(41)51(62(49)82)59-53-44-25-12-11-24-43(44)52(63(53)82)58-50-40-21-8-7-20-39(40)48(56-46)61(50)82;;/h5-12,18-25H,13-17,26-36,54H2,1-4H3,(H3-,55,65,66,67,68,69,70,71,72,73,74);2*1H3. The SMILES string of the molecule is C[Si](C)(CCCN)O[Si-2]123(O[Si](C)(C)CCCNC(=O)C[N+](CCCS(=O)(=O)[O-])(CCCS(=O)(=O)[O-])CCCS(=O)(=O)[O-])n4c5c6ccccc6c4N=C4c6ccccc6C(=[N+]41)N=c1c4ccccc4c(n12)=NC1=[N+]3C(=N5)c2ccccc21.[NH4+].[NH4+]. The first-order valence-electron chi connectivity index (χ1n) is 27.5. The molecule has 6 aromatic rings. The minimum absolute atomic E-state index is 0. The zero-order valence-electron chi connectivity index (χ0n) is 47.8. The minimum Gasteiger partial charge on any atom is -0.369 e. The molecule has 0 saturated heterocycles. The smallest absolute Gasteiger partial charge is 0.369 e. The summed E-state index contributed by atoms with van der Waals surface area (Å²) in [4.78, 5) is 37.3. The number of fused-ring (bicyclic) bond motifs is 12. The van der Waals surface area contributed by atoms with E-state index in [1.807, 2.05) is 48.5 Å². The van der Waals surface area contributed by atoms with Crippen LogP contribution in [0.1, 0.15) is 54.4 Å². The van der Waals surface area contributed by atoms with E-state index in [0.29, 0.717) is 77.4 Å². The molecule has 11 N–H and O–H groups in total. The number of amides is 1. The van der Waals surface area contributed by atoms with Gasteiger partial charge in [-0.15, -0.1) is 0 Å². The van der Waals surface area contributed by atoms with Gasteiger partial charge in [0.15, 0.2) is 0 Å².